The van der Waals surface area contributed by atoms with Crippen molar-refractivity contribution in [3.05, 3.63) is 35.5 Å². The molecular weight excluding hydrogens is 256 g/mol. The maximum absolute atomic E-state index is 12.6. The monoisotopic (exact) mass is 272 g/mol. The summed E-state index contributed by atoms with van der Waals surface area (Å²) in [4.78, 5) is 24.1. The van der Waals surface area contributed by atoms with Crippen LogP contribution in [0.4, 0.5) is 4.79 Å². The quantitative estimate of drug-likeness (QED) is 0.836. The minimum Gasteiger partial charge on any atom is -0.464 e. The highest BCUT2D eigenvalue weighted by atomic mass is 16.4. The number of aromatic nitrogens is 1. The fraction of sp³-hybridized carbons (Fsp3) is 0.333. The molecule has 2 heterocycles. The molecule has 0 amide bonds. The van der Waals surface area contributed by atoms with Crippen LogP contribution in [0.5, 0.6) is 0 Å². The Balaban J connectivity index is 2.31. The summed E-state index contributed by atoms with van der Waals surface area (Å²) in [5, 5.41) is 13.3. The maximum Gasteiger partial charge on any atom is 0.416 e. The first kappa shape index (κ1) is 12.9. The lowest BCUT2D eigenvalue weighted by Gasteiger charge is -2.26. The van der Waals surface area contributed by atoms with E-state index in [0.29, 0.717) is 23.3 Å². The van der Waals surface area contributed by atoms with Gasteiger partial charge in [-0.2, -0.15) is 0 Å². The van der Waals surface area contributed by atoms with Crippen molar-refractivity contribution in [1.82, 2.24) is 9.88 Å². The molecule has 0 aliphatic carbocycles. The fourth-order valence-corrected chi connectivity index (χ4v) is 2.95. The fourth-order valence-electron chi connectivity index (χ4n) is 2.95. The number of carboxylic acid groups (broad SMARTS) is 1. The number of carbonyl (C=O) groups excluding carboxylic acids is 1. The summed E-state index contributed by atoms with van der Waals surface area (Å²) in [6.45, 7) is 4.36. The number of nitrogens with zero attached hydrogens (tertiary/aromatic N) is 1. The number of hydrogen-bond donors (Lipinski definition) is 2. The third kappa shape index (κ3) is 1.67. The molecule has 3 rings (SSSR count). The SMILES string of the molecule is CC(C)C1NCc2c(c3ccccc3n2C(=O)O)C1=O. The van der Waals surface area contributed by atoms with Crippen molar-refractivity contribution in [3.63, 3.8) is 0 Å². The Kier molecular flexibility index (Phi) is 2.87. The van der Waals surface area contributed by atoms with Crippen LogP contribution < -0.4 is 5.32 Å². The van der Waals surface area contributed by atoms with E-state index in [4.69, 9.17) is 0 Å². The summed E-state index contributed by atoms with van der Waals surface area (Å²) in [6.07, 6.45) is -1.06. The molecule has 0 saturated heterocycles. The number of para-hydroxylation sites is 1. The van der Waals surface area contributed by atoms with E-state index in [0.717, 1.165) is 5.39 Å². The van der Waals surface area contributed by atoms with Crippen molar-refractivity contribution >= 4 is 22.8 Å². The number of fused-ring (bicyclic) bond motifs is 3. The van der Waals surface area contributed by atoms with Crippen molar-refractivity contribution in [1.29, 1.82) is 0 Å². The molecule has 0 fully saturated rings. The molecular formula is C15H16N2O3. The number of hydrogen-bond acceptors (Lipinski definition) is 3. The molecule has 5 heteroatoms. The second kappa shape index (κ2) is 4.45. The van der Waals surface area contributed by atoms with Crippen LogP contribution in [0.25, 0.3) is 10.9 Å². The van der Waals surface area contributed by atoms with Crippen molar-refractivity contribution in [2.24, 2.45) is 5.92 Å². The molecule has 5 nitrogen and oxygen atoms in total. The number of benzene rings is 1. The van der Waals surface area contributed by atoms with Gasteiger partial charge < -0.3 is 10.4 Å². The summed E-state index contributed by atoms with van der Waals surface area (Å²) in [5.41, 5.74) is 1.67. The lowest BCUT2D eigenvalue weighted by Crippen LogP contribution is -2.45. The van der Waals surface area contributed by atoms with Crippen LogP contribution in [0.15, 0.2) is 24.3 Å². The molecule has 1 aromatic carbocycles. The van der Waals surface area contributed by atoms with E-state index in [-0.39, 0.29) is 17.7 Å². The van der Waals surface area contributed by atoms with E-state index >= 15 is 0 Å². The van der Waals surface area contributed by atoms with Crippen molar-refractivity contribution < 1.29 is 14.7 Å². The third-order valence-corrected chi connectivity index (χ3v) is 3.85. The van der Waals surface area contributed by atoms with Crippen LogP contribution in [0.1, 0.15) is 29.9 Å². The van der Waals surface area contributed by atoms with Crippen LogP contribution in [0.3, 0.4) is 0 Å². The summed E-state index contributed by atoms with van der Waals surface area (Å²) >= 11 is 0. The molecule has 104 valence electrons. The minimum absolute atomic E-state index is 0.0162. The van der Waals surface area contributed by atoms with E-state index < -0.39 is 6.09 Å². The van der Waals surface area contributed by atoms with Gasteiger partial charge in [-0.25, -0.2) is 9.36 Å². The van der Waals surface area contributed by atoms with Gasteiger partial charge in [-0.1, -0.05) is 32.0 Å². The highest BCUT2D eigenvalue weighted by Gasteiger charge is 2.34. The first-order valence-electron chi connectivity index (χ1n) is 6.65. The number of ketones is 1. The van der Waals surface area contributed by atoms with Crippen molar-refractivity contribution in [2.45, 2.75) is 26.4 Å². The van der Waals surface area contributed by atoms with E-state index in [1.165, 1.54) is 4.57 Å². The Bertz CT molecular complexity index is 715. The Morgan fingerprint density at radius 3 is 2.75 bits per heavy atom. The van der Waals surface area contributed by atoms with E-state index in [9.17, 15) is 14.7 Å². The smallest absolute Gasteiger partial charge is 0.416 e. The maximum atomic E-state index is 12.6. The first-order valence-corrected chi connectivity index (χ1v) is 6.65. The molecule has 1 aliphatic heterocycles. The predicted octanol–water partition coefficient (Wildman–Crippen LogP) is 2.48. The van der Waals surface area contributed by atoms with Crippen LogP contribution >= 0.6 is 0 Å². The predicted molar refractivity (Wildman–Crippen MR) is 75.2 cm³/mol. The van der Waals surface area contributed by atoms with Crippen LogP contribution in [0.2, 0.25) is 0 Å². The highest BCUT2D eigenvalue weighted by Crippen LogP contribution is 2.31. The Hall–Kier alpha value is -2.14. The average Bonchev–Trinajstić information content (AvgIpc) is 2.73. The zero-order valence-electron chi connectivity index (χ0n) is 11.4. The molecule has 2 aromatic rings. The topological polar surface area (TPSA) is 71.3 Å². The van der Waals surface area contributed by atoms with Crippen LogP contribution in [-0.4, -0.2) is 27.6 Å². The number of carbonyl (C=O) groups is 2. The van der Waals surface area contributed by atoms with Gasteiger partial charge in [0.2, 0.25) is 0 Å². The molecule has 1 aromatic heterocycles. The molecule has 1 unspecified atom stereocenters. The average molecular weight is 272 g/mol. The summed E-state index contributed by atoms with van der Waals surface area (Å²) in [6, 6.07) is 6.91. The standard InChI is InChI=1S/C15H16N2O3/c1-8(2)13-14(18)12-9-5-3-4-6-10(9)17(15(19)20)11(12)7-16-13/h3-6,8,13,16H,7H2,1-2H3,(H,19,20). The van der Waals surface area contributed by atoms with Crippen molar-refractivity contribution in [3.8, 4) is 0 Å². The van der Waals surface area contributed by atoms with Gasteiger partial charge in [0.1, 0.15) is 0 Å². The largest absolute Gasteiger partial charge is 0.464 e. The number of rotatable bonds is 1. The zero-order valence-corrected chi connectivity index (χ0v) is 11.4. The first-order chi connectivity index (χ1) is 9.52. The zero-order chi connectivity index (χ0) is 14.4. The molecule has 1 atom stereocenters. The van der Waals surface area contributed by atoms with E-state index in [1.54, 1.807) is 12.1 Å². The highest BCUT2D eigenvalue weighted by molar-refractivity contribution is 6.14. The van der Waals surface area contributed by atoms with Gasteiger partial charge in [-0.05, 0) is 12.0 Å². The normalized spacial score (nSPS) is 18.6. The van der Waals surface area contributed by atoms with Gasteiger partial charge in [0.05, 0.1) is 17.3 Å². The number of Topliss-reactive ketones (excluding diaryl/α,β-unsaturated/α-hetero) is 1. The summed E-state index contributed by atoms with van der Waals surface area (Å²) in [7, 11) is 0. The minimum atomic E-state index is -1.06. The molecule has 0 spiro atoms. The third-order valence-electron chi connectivity index (χ3n) is 3.85. The lowest BCUT2D eigenvalue weighted by molar-refractivity contribution is 0.0903. The van der Waals surface area contributed by atoms with Gasteiger partial charge in [0.25, 0.3) is 0 Å². The molecule has 2 N–H and O–H groups in total. The van der Waals surface area contributed by atoms with Gasteiger partial charge in [-0.3, -0.25) is 4.79 Å². The summed E-state index contributed by atoms with van der Waals surface area (Å²) < 4.78 is 1.21. The van der Waals surface area contributed by atoms with Crippen LogP contribution in [0, 0.1) is 5.92 Å². The van der Waals surface area contributed by atoms with Gasteiger partial charge in [0.15, 0.2) is 5.78 Å². The molecule has 20 heavy (non-hydrogen) atoms. The van der Waals surface area contributed by atoms with Gasteiger partial charge in [0, 0.05) is 17.5 Å². The van der Waals surface area contributed by atoms with Crippen molar-refractivity contribution in [2.75, 3.05) is 0 Å². The Morgan fingerprint density at radius 2 is 2.10 bits per heavy atom. The Labute approximate surface area is 116 Å². The summed E-state index contributed by atoms with van der Waals surface area (Å²) in [5.74, 6) is 0.153. The second-order valence-corrected chi connectivity index (χ2v) is 5.42. The van der Waals surface area contributed by atoms with E-state index in [1.807, 2.05) is 26.0 Å². The Morgan fingerprint density at radius 1 is 1.40 bits per heavy atom. The lowest BCUT2D eigenvalue weighted by atomic mass is 9.90. The number of nitrogens with one attached hydrogen (secondary N) is 1. The second-order valence-electron chi connectivity index (χ2n) is 5.42. The molecule has 0 saturated carbocycles. The molecule has 1 aliphatic rings. The van der Waals surface area contributed by atoms with Crippen LogP contribution in [-0.2, 0) is 6.54 Å². The molecule has 0 bridgehead atoms. The van der Waals surface area contributed by atoms with E-state index in [2.05, 4.69) is 5.32 Å². The van der Waals surface area contributed by atoms with Gasteiger partial charge >= 0.3 is 6.09 Å². The van der Waals surface area contributed by atoms with Gasteiger partial charge in [-0.15, -0.1) is 0 Å². The molecule has 0 radical (unpaired) electrons.